The van der Waals surface area contributed by atoms with Crippen LogP contribution in [-0.4, -0.2) is 10.7 Å². The van der Waals surface area contributed by atoms with E-state index < -0.39 is 10.7 Å². The molecule has 0 aliphatic rings. The van der Waals surface area contributed by atoms with Gasteiger partial charge in [0.1, 0.15) is 5.78 Å². The van der Waals surface area contributed by atoms with Crippen LogP contribution in [0.4, 0.5) is 5.69 Å². The standard InChI is InChI=1S/C10H12O.C6H4NO3/c1-9(11)7-8-10-5-3-2-4-6-10;8-6-4-2-1-3-5(6)7(9)10/h2-6H,7-8H2,1H3;1-4H. The fraction of sp³-hybridized carbons (Fsp3) is 0.188. The molecule has 0 fully saturated rings. The smallest absolute Gasteiger partial charge is 0.300 e. The van der Waals surface area contributed by atoms with Gasteiger partial charge in [0, 0.05) is 12.5 Å². The molecule has 5 heteroatoms. The van der Waals surface area contributed by atoms with Crippen molar-refractivity contribution >= 4 is 11.5 Å². The summed E-state index contributed by atoms with van der Waals surface area (Å²) in [5, 5.41) is 20.6. The predicted octanol–water partition coefficient (Wildman–Crippen LogP) is 3.95. The molecule has 0 amide bonds. The number of hydrogen-bond acceptors (Lipinski definition) is 3. The van der Waals surface area contributed by atoms with E-state index in [1.165, 1.54) is 23.8 Å². The Morgan fingerprint density at radius 2 is 1.62 bits per heavy atom. The summed E-state index contributed by atoms with van der Waals surface area (Å²) in [6.07, 6.45) is 1.53. The number of nitro benzene ring substituents is 1. The Bertz CT molecular complexity index is 596. The molecular formula is C16H16NO4. The molecule has 2 aromatic rings. The maximum atomic E-state index is 10.6. The lowest BCUT2D eigenvalue weighted by atomic mass is 10.1. The maximum Gasteiger partial charge on any atom is 0.316 e. The third-order valence-corrected chi connectivity index (χ3v) is 2.67. The molecule has 2 rings (SSSR count). The van der Waals surface area contributed by atoms with Gasteiger partial charge in [-0.15, -0.1) is 0 Å². The summed E-state index contributed by atoms with van der Waals surface area (Å²) in [6.45, 7) is 1.63. The van der Waals surface area contributed by atoms with Gasteiger partial charge in [-0.05, 0) is 25.0 Å². The van der Waals surface area contributed by atoms with E-state index >= 15 is 0 Å². The van der Waals surface area contributed by atoms with Crippen LogP contribution in [0, 0.1) is 10.1 Å². The topological polar surface area (TPSA) is 80.1 Å². The molecule has 0 atom stereocenters. The molecule has 0 N–H and O–H groups in total. The molecule has 1 radical (unpaired) electrons. The number of rotatable bonds is 4. The number of para-hydroxylation sites is 2. The van der Waals surface area contributed by atoms with Gasteiger partial charge >= 0.3 is 5.69 Å². The molecule has 0 saturated heterocycles. The van der Waals surface area contributed by atoms with Gasteiger partial charge in [0.05, 0.1) is 4.92 Å². The van der Waals surface area contributed by atoms with Gasteiger partial charge in [0.25, 0.3) is 5.75 Å². The average Bonchev–Trinajstić information content (AvgIpc) is 2.47. The Labute approximate surface area is 123 Å². The van der Waals surface area contributed by atoms with Crippen molar-refractivity contribution < 1.29 is 14.8 Å². The zero-order valence-corrected chi connectivity index (χ0v) is 11.7. The number of hydrogen-bond donors (Lipinski definition) is 0. The first-order valence-electron chi connectivity index (χ1n) is 6.44. The van der Waals surface area contributed by atoms with Gasteiger partial charge in [-0.1, -0.05) is 42.5 Å². The van der Waals surface area contributed by atoms with E-state index in [2.05, 4.69) is 0 Å². The maximum absolute atomic E-state index is 10.6. The van der Waals surface area contributed by atoms with E-state index in [4.69, 9.17) is 0 Å². The Morgan fingerprint density at radius 1 is 1.05 bits per heavy atom. The van der Waals surface area contributed by atoms with Crippen LogP contribution in [0.15, 0.2) is 54.6 Å². The van der Waals surface area contributed by atoms with Crippen molar-refractivity contribution in [2.45, 2.75) is 19.8 Å². The number of nitrogens with zero attached hydrogens (tertiary/aromatic N) is 1. The molecule has 109 valence electrons. The number of carbonyl (C=O) groups is 1. The van der Waals surface area contributed by atoms with Crippen molar-refractivity contribution in [2.24, 2.45) is 0 Å². The number of Topliss-reactive ketones (excluding diaryl/α,β-unsaturated/α-hetero) is 1. The SMILES string of the molecule is CC(=O)CCc1ccccc1.[O]c1ccccc1[N+](=O)[O-]. The Balaban J connectivity index is 0.000000211. The summed E-state index contributed by atoms with van der Waals surface area (Å²) >= 11 is 0. The second-order valence-electron chi connectivity index (χ2n) is 4.41. The third-order valence-electron chi connectivity index (χ3n) is 2.67. The number of nitro groups is 1. The van der Waals surface area contributed by atoms with Gasteiger partial charge in [-0.25, -0.2) is 0 Å². The number of aryl methyl sites for hydroxylation is 1. The highest BCUT2D eigenvalue weighted by Crippen LogP contribution is 2.23. The van der Waals surface area contributed by atoms with E-state index in [9.17, 15) is 20.0 Å². The van der Waals surface area contributed by atoms with Crippen LogP contribution >= 0.6 is 0 Å². The first kappa shape index (κ1) is 16.4. The number of carbonyl (C=O) groups excluding carboxylic acids is 1. The summed E-state index contributed by atoms with van der Waals surface area (Å²) in [5.74, 6) is -0.290. The number of benzene rings is 2. The Kier molecular flexibility index (Phi) is 6.60. The lowest BCUT2D eigenvalue weighted by molar-refractivity contribution is -0.386. The fourth-order valence-electron chi connectivity index (χ4n) is 1.57. The minimum absolute atomic E-state index is 0.258. The zero-order chi connectivity index (χ0) is 15.7. The first-order valence-corrected chi connectivity index (χ1v) is 6.44. The van der Waals surface area contributed by atoms with Crippen LogP contribution in [0.1, 0.15) is 18.9 Å². The van der Waals surface area contributed by atoms with Crippen LogP contribution in [0.5, 0.6) is 5.75 Å². The quantitative estimate of drug-likeness (QED) is 0.630. The van der Waals surface area contributed by atoms with Gasteiger partial charge in [-0.2, -0.15) is 0 Å². The monoisotopic (exact) mass is 286 g/mol. The van der Waals surface area contributed by atoms with Crippen molar-refractivity contribution in [3.05, 3.63) is 70.3 Å². The molecule has 0 unspecified atom stereocenters. The summed E-state index contributed by atoms with van der Waals surface area (Å²) < 4.78 is 0. The van der Waals surface area contributed by atoms with Crippen LogP contribution in [0.25, 0.3) is 0 Å². The Morgan fingerprint density at radius 3 is 2.10 bits per heavy atom. The highest BCUT2D eigenvalue weighted by atomic mass is 16.6. The highest BCUT2D eigenvalue weighted by molar-refractivity contribution is 5.75. The van der Waals surface area contributed by atoms with Crippen molar-refractivity contribution in [1.29, 1.82) is 0 Å². The second kappa shape index (κ2) is 8.47. The highest BCUT2D eigenvalue weighted by Gasteiger charge is 2.11. The fourth-order valence-corrected chi connectivity index (χ4v) is 1.57. The minimum atomic E-state index is -0.692. The largest absolute Gasteiger partial charge is 0.316 e. The average molecular weight is 286 g/mol. The van der Waals surface area contributed by atoms with Gasteiger partial charge in [0.15, 0.2) is 0 Å². The normalized spacial score (nSPS) is 9.38. The summed E-state index contributed by atoms with van der Waals surface area (Å²) in [5.41, 5.74) is 0.866. The minimum Gasteiger partial charge on any atom is -0.300 e. The van der Waals surface area contributed by atoms with Crippen molar-refractivity contribution in [1.82, 2.24) is 0 Å². The molecule has 0 aliphatic carbocycles. The van der Waals surface area contributed by atoms with Gasteiger partial charge in [-0.3, -0.25) is 15.2 Å². The lowest BCUT2D eigenvalue weighted by Crippen LogP contribution is -1.92. The van der Waals surface area contributed by atoms with Crippen molar-refractivity contribution in [3.63, 3.8) is 0 Å². The van der Waals surface area contributed by atoms with E-state index in [1.807, 2.05) is 30.3 Å². The molecule has 21 heavy (non-hydrogen) atoms. The van der Waals surface area contributed by atoms with Gasteiger partial charge in [0.2, 0.25) is 0 Å². The van der Waals surface area contributed by atoms with E-state index in [-0.39, 0.29) is 11.5 Å². The van der Waals surface area contributed by atoms with Gasteiger partial charge < -0.3 is 4.79 Å². The zero-order valence-electron chi connectivity index (χ0n) is 11.7. The first-order chi connectivity index (χ1) is 10.0. The molecule has 0 aliphatic heterocycles. The lowest BCUT2D eigenvalue weighted by Gasteiger charge is -1.96. The van der Waals surface area contributed by atoms with Crippen LogP contribution in [0.3, 0.4) is 0 Å². The van der Waals surface area contributed by atoms with Crippen molar-refractivity contribution in [3.8, 4) is 5.75 Å². The molecule has 0 spiro atoms. The van der Waals surface area contributed by atoms with E-state index in [0.717, 1.165) is 12.5 Å². The van der Waals surface area contributed by atoms with Crippen LogP contribution in [-0.2, 0) is 16.3 Å². The molecule has 0 saturated carbocycles. The molecule has 0 heterocycles. The van der Waals surface area contributed by atoms with Crippen molar-refractivity contribution in [2.75, 3.05) is 0 Å². The number of ketones is 1. The molecular weight excluding hydrogens is 270 g/mol. The summed E-state index contributed by atoms with van der Waals surface area (Å²) in [6, 6.07) is 15.3. The molecule has 2 aromatic carbocycles. The predicted molar refractivity (Wildman–Crippen MR) is 78.7 cm³/mol. The van der Waals surface area contributed by atoms with E-state index in [0.29, 0.717) is 6.42 Å². The summed E-state index contributed by atoms with van der Waals surface area (Å²) in [4.78, 5) is 20.0. The molecule has 0 bridgehead atoms. The van der Waals surface area contributed by atoms with E-state index in [1.54, 1.807) is 6.92 Å². The Hall–Kier alpha value is -2.69. The third kappa shape index (κ3) is 6.33. The molecule has 0 aromatic heterocycles. The molecule has 5 nitrogen and oxygen atoms in total. The van der Waals surface area contributed by atoms with Crippen LogP contribution in [0.2, 0.25) is 0 Å². The second-order valence-corrected chi connectivity index (χ2v) is 4.41. The van der Waals surface area contributed by atoms with Crippen LogP contribution < -0.4 is 0 Å². The summed E-state index contributed by atoms with van der Waals surface area (Å²) in [7, 11) is 0.